The number of esters is 1. The molecule has 2 aromatic heterocycles. The van der Waals surface area contributed by atoms with Gasteiger partial charge in [0.05, 0.1) is 7.11 Å². The first-order valence-corrected chi connectivity index (χ1v) is 17.2. The Balaban J connectivity index is 1.37. The number of aromatic nitrogens is 2. The molecule has 2 amide bonds. The van der Waals surface area contributed by atoms with Gasteiger partial charge in [-0.15, -0.1) is 0 Å². The van der Waals surface area contributed by atoms with Crippen molar-refractivity contribution in [2.45, 2.75) is 82.2 Å². The van der Waals surface area contributed by atoms with Gasteiger partial charge in [-0.05, 0) is 47.9 Å². The maximum Gasteiger partial charge on any atom is 0.360 e. The molecule has 13 nitrogen and oxygen atoms in total. The fraction of sp³-hybridized carbons (Fsp3) is 0.432. The molecule has 4 aliphatic rings. The average Bonchev–Trinajstić information content (AvgIpc) is 3.91. The molecule has 1 saturated carbocycles. The lowest BCUT2D eigenvalue weighted by Gasteiger charge is -2.31. The van der Waals surface area contributed by atoms with Crippen LogP contribution in [-0.2, 0) is 26.2 Å². The van der Waals surface area contributed by atoms with Crippen molar-refractivity contribution in [3.8, 4) is 17.3 Å². The number of anilines is 1. The third-order valence-electron chi connectivity index (χ3n) is 10.5. The second-order valence-corrected chi connectivity index (χ2v) is 13.9. The van der Waals surface area contributed by atoms with E-state index in [1.807, 2.05) is 42.5 Å². The Bertz CT molecular complexity index is 1980. The molecule has 0 radical (unpaired) electrons. The summed E-state index contributed by atoms with van der Waals surface area (Å²) in [6.45, 7) is 3.49. The number of oxazole rings is 2. The van der Waals surface area contributed by atoms with Crippen molar-refractivity contribution in [3.05, 3.63) is 82.8 Å². The van der Waals surface area contributed by atoms with Gasteiger partial charge in [0.25, 0.3) is 0 Å². The number of ether oxygens (including phenoxy) is 2. The second kappa shape index (κ2) is 12.3. The monoisotopic (exact) mass is 681 g/mol. The van der Waals surface area contributed by atoms with Gasteiger partial charge in [0.1, 0.15) is 35.6 Å². The van der Waals surface area contributed by atoms with Gasteiger partial charge in [-0.1, -0.05) is 63.4 Å². The van der Waals surface area contributed by atoms with Crippen LogP contribution in [0.2, 0.25) is 0 Å². The molecule has 4 aromatic rings. The number of methoxy groups -OCH3 is 1. The zero-order valence-corrected chi connectivity index (χ0v) is 28.0. The number of benzene rings is 2. The van der Waals surface area contributed by atoms with E-state index in [1.165, 1.54) is 13.4 Å². The molecule has 4 bridgehead atoms. The van der Waals surface area contributed by atoms with E-state index in [0.717, 1.165) is 54.5 Å². The third kappa shape index (κ3) is 5.05. The van der Waals surface area contributed by atoms with E-state index in [0.29, 0.717) is 11.5 Å². The summed E-state index contributed by atoms with van der Waals surface area (Å²) >= 11 is 0. The minimum absolute atomic E-state index is 0.0155. The number of nitrogens with one attached hydrogen (secondary N) is 3. The molecule has 5 unspecified atom stereocenters. The molecule has 1 spiro atoms. The van der Waals surface area contributed by atoms with Gasteiger partial charge >= 0.3 is 5.97 Å². The summed E-state index contributed by atoms with van der Waals surface area (Å²) in [4.78, 5) is 49.5. The highest BCUT2D eigenvalue weighted by atomic mass is 16.5. The molecule has 1 fully saturated rings. The van der Waals surface area contributed by atoms with Gasteiger partial charge in [-0.3, -0.25) is 9.59 Å². The summed E-state index contributed by atoms with van der Waals surface area (Å²) in [5.74, 6) is -0.770. The summed E-state index contributed by atoms with van der Waals surface area (Å²) in [6.07, 6.45) is 4.14. The van der Waals surface area contributed by atoms with Crippen molar-refractivity contribution in [2.75, 3.05) is 12.4 Å². The second-order valence-electron chi connectivity index (χ2n) is 13.9. The van der Waals surface area contributed by atoms with Gasteiger partial charge in [-0.2, -0.15) is 0 Å². The van der Waals surface area contributed by atoms with Crippen LogP contribution in [-0.4, -0.2) is 58.3 Å². The minimum Gasteiger partial charge on any atom is -0.469 e. The van der Waals surface area contributed by atoms with Gasteiger partial charge in [0.2, 0.25) is 23.6 Å². The Kier molecular flexibility index (Phi) is 7.89. The largest absolute Gasteiger partial charge is 0.469 e. The van der Waals surface area contributed by atoms with Crippen molar-refractivity contribution in [1.82, 2.24) is 20.6 Å². The fourth-order valence-electron chi connectivity index (χ4n) is 7.92. The Morgan fingerprint density at radius 2 is 1.86 bits per heavy atom. The highest BCUT2D eigenvalue weighted by Gasteiger charge is 2.61. The van der Waals surface area contributed by atoms with Crippen LogP contribution in [0.1, 0.15) is 90.8 Å². The Hall–Kier alpha value is -5.17. The van der Waals surface area contributed by atoms with E-state index in [4.69, 9.17) is 23.3 Å². The number of para-hydroxylation sites is 1. The Morgan fingerprint density at radius 3 is 2.64 bits per heavy atom. The summed E-state index contributed by atoms with van der Waals surface area (Å²) < 4.78 is 24.4. The standard InChI is InChI=1S/C37H39N5O8/c1-18(2)29(43)32(45)38-24-16-19-13-14-26-22(15-19)37(21-11-7-8-12-23(21)40-36(37)49-26)30-28(33-39-25(17-48-33)35(46)47-3)42-34(50-30)27(41-31(24)44)20-9-5-4-6-10-20/h7-8,11-15,17-18,20,24,27,29,36,40,43H,4-6,9-10,16H2,1-3H3,(H,38,45)(H,41,44). The lowest BCUT2D eigenvalue weighted by atomic mass is 9.72. The highest BCUT2D eigenvalue weighted by molar-refractivity contribution is 5.90. The number of amides is 2. The number of fused-ring (bicyclic) bond motifs is 4. The summed E-state index contributed by atoms with van der Waals surface area (Å²) in [6, 6.07) is 11.9. The molecular weight excluding hydrogens is 642 g/mol. The molecule has 50 heavy (non-hydrogen) atoms. The molecule has 0 saturated heterocycles. The molecular formula is C37H39N5O8. The smallest absolute Gasteiger partial charge is 0.360 e. The summed E-state index contributed by atoms with van der Waals surface area (Å²) in [5, 5.41) is 20.2. The zero-order valence-electron chi connectivity index (χ0n) is 28.0. The average molecular weight is 682 g/mol. The molecule has 2 aromatic carbocycles. The first-order valence-electron chi connectivity index (χ1n) is 17.2. The summed E-state index contributed by atoms with van der Waals surface area (Å²) in [7, 11) is 1.27. The Morgan fingerprint density at radius 1 is 1.06 bits per heavy atom. The van der Waals surface area contributed by atoms with E-state index in [9.17, 15) is 19.5 Å². The van der Waals surface area contributed by atoms with Crippen LogP contribution in [0, 0.1) is 11.8 Å². The van der Waals surface area contributed by atoms with E-state index < -0.39 is 47.6 Å². The van der Waals surface area contributed by atoms with Gasteiger partial charge < -0.3 is 39.4 Å². The number of aliphatic hydroxyl groups is 1. The normalized spacial score (nSPS) is 24.5. The van der Waals surface area contributed by atoms with E-state index in [2.05, 4.69) is 20.9 Å². The van der Waals surface area contributed by atoms with E-state index >= 15 is 0 Å². The van der Waals surface area contributed by atoms with Crippen molar-refractivity contribution < 1.29 is 37.8 Å². The molecule has 260 valence electrons. The van der Waals surface area contributed by atoms with Crippen LogP contribution in [0.15, 0.2) is 57.6 Å². The van der Waals surface area contributed by atoms with E-state index in [1.54, 1.807) is 13.8 Å². The van der Waals surface area contributed by atoms with Crippen LogP contribution in [0.25, 0.3) is 11.6 Å². The number of aliphatic hydroxyl groups excluding tert-OH is 1. The fourth-order valence-corrected chi connectivity index (χ4v) is 7.92. The van der Waals surface area contributed by atoms with Crippen molar-refractivity contribution >= 4 is 23.5 Å². The van der Waals surface area contributed by atoms with E-state index in [-0.39, 0.29) is 41.4 Å². The summed E-state index contributed by atoms with van der Waals surface area (Å²) in [5.41, 5.74) is 2.40. The lowest BCUT2D eigenvalue weighted by molar-refractivity contribution is -0.136. The molecule has 3 aliphatic heterocycles. The molecule has 8 rings (SSSR count). The van der Waals surface area contributed by atoms with Gasteiger partial charge in [0, 0.05) is 17.7 Å². The van der Waals surface area contributed by atoms with Crippen LogP contribution >= 0.6 is 0 Å². The first kappa shape index (κ1) is 32.1. The van der Waals surface area contributed by atoms with Gasteiger partial charge in [0.15, 0.2) is 23.4 Å². The van der Waals surface area contributed by atoms with Crippen LogP contribution in [0.3, 0.4) is 0 Å². The molecule has 4 N–H and O–H groups in total. The quantitative estimate of drug-likeness (QED) is 0.212. The molecule has 1 aliphatic carbocycles. The van der Waals surface area contributed by atoms with Crippen LogP contribution in [0.5, 0.6) is 5.75 Å². The number of carbonyl (C=O) groups excluding carboxylic acids is 3. The number of hydrogen-bond acceptors (Lipinski definition) is 11. The number of nitrogens with zero attached hydrogens (tertiary/aromatic N) is 2. The SMILES string of the molecule is COC(=O)c1coc(-c2nc3oc2C24c5ccccc5NC2Oc2ccc(cc24)CC(NC(=O)C(O)C(C)C)C(=O)NC3C2CCCCC2)n1. The number of rotatable bonds is 6. The van der Waals surface area contributed by atoms with Crippen molar-refractivity contribution in [3.63, 3.8) is 0 Å². The predicted molar refractivity (Wildman–Crippen MR) is 178 cm³/mol. The lowest BCUT2D eigenvalue weighted by Crippen LogP contribution is -2.53. The van der Waals surface area contributed by atoms with Crippen LogP contribution < -0.4 is 20.7 Å². The number of hydrogen-bond donors (Lipinski definition) is 4. The topological polar surface area (TPSA) is 178 Å². The minimum atomic E-state index is -1.29. The first-order chi connectivity index (χ1) is 24.2. The maximum absolute atomic E-state index is 14.3. The predicted octanol–water partition coefficient (Wildman–Crippen LogP) is 4.39. The van der Waals surface area contributed by atoms with Gasteiger partial charge in [-0.25, -0.2) is 14.8 Å². The Labute approximate surface area is 288 Å². The van der Waals surface area contributed by atoms with Crippen molar-refractivity contribution in [1.29, 1.82) is 0 Å². The maximum atomic E-state index is 14.3. The molecule has 5 heterocycles. The van der Waals surface area contributed by atoms with Crippen LogP contribution in [0.4, 0.5) is 5.69 Å². The number of carbonyl (C=O) groups is 3. The van der Waals surface area contributed by atoms with Crippen molar-refractivity contribution in [2.24, 2.45) is 11.8 Å². The third-order valence-corrected chi connectivity index (χ3v) is 10.5. The highest BCUT2D eigenvalue weighted by Crippen LogP contribution is 2.59. The molecule has 5 atom stereocenters. The molecule has 13 heteroatoms. The zero-order chi connectivity index (χ0) is 34.7.